The van der Waals surface area contributed by atoms with Crippen LogP contribution < -0.4 is 9.62 Å². The summed E-state index contributed by atoms with van der Waals surface area (Å²) in [5.41, 5.74) is -0.0983. The standard InChI is InChI=1S/C27H44N4O6S/c1-26(2,3)36-24(32)11-14-28-38(34,35)23-9-7-21(8-10-23)29-17-19-30(20-18-29)22-12-15-31(16-13-22)25(33)37-27(4,5)6/h7-10,22,28H,11-20H2,1-6H3. The number of anilines is 1. The van der Waals surface area contributed by atoms with Crippen LogP contribution in [0.15, 0.2) is 29.2 Å². The Bertz CT molecular complexity index is 1050. The summed E-state index contributed by atoms with van der Waals surface area (Å²) in [6, 6.07) is 7.32. The van der Waals surface area contributed by atoms with Crippen LogP contribution in [0, 0.1) is 0 Å². The molecule has 11 heteroatoms. The fraction of sp³-hybridized carbons (Fsp3) is 0.704. The van der Waals surface area contributed by atoms with Gasteiger partial charge in [0, 0.05) is 57.5 Å². The minimum absolute atomic E-state index is 0.0162. The zero-order valence-corrected chi connectivity index (χ0v) is 24.5. The maximum absolute atomic E-state index is 12.6. The van der Waals surface area contributed by atoms with Gasteiger partial charge in [0.25, 0.3) is 0 Å². The van der Waals surface area contributed by atoms with Crippen molar-refractivity contribution >= 4 is 27.8 Å². The molecule has 1 amide bonds. The summed E-state index contributed by atoms with van der Waals surface area (Å²) < 4.78 is 38.4. The molecule has 0 aromatic heterocycles. The van der Waals surface area contributed by atoms with Gasteiger partial charge >= 0.3 is 12.1 Å². The van der Waals surface area contributed by atoms with Crippen LogP contribution in [-0.2, 0) is 24.3 Å². The lowest BCUT2D eigenvalue weighted by Crippen LogP contribution is -2.54. The van der Waals surface area contributed by atoms with Gasteiger partial charge in [0.05, 0.1) is 11.3 Å². The molecule has 38 heavy (non-hydrogen) atoms. The Morgan fingerprint density at radius 1 is 0.868 bits per heavy atom. The fourth-order valence-electron chi connectivity index (χ4n) is 4.68. The van der Waals surface area contributed by atoms with Crippen LogP contribution in [0.4, 0.5) is 10.5 Å². The SMILES string of the molecule is CC(C)(C)OC(=O)CCNS(=O)(=O)c1ccc(N2CCN(C3CCN(C(=O)OC(C)(C)C)CC3)CC2)cc1. The van der Waals surface area contributed by atoms with Gasteiger partial charge in [-0.05, 0) is 78.6 Å². The van der Waals surface area contributed by atoms with E-state index in [0.29, 0.717) is 19.1 Å². The number of benzene rings is 1. The van der Waals surface area contributed by atoms with Gasteiger partial charge in [0.15, 0.2) is 0 Å². The lowest BCUT2D eigenvalue weighted by molar-refractivity contribution is -0.154. The van der Waals surface area contributed by atoms with E-state index >= 15 is 0 Å². The van der Waals surface area contributed by atoms with Gasteiger partial charge in [-0.25, -0.2) is 17.9 Å². The second-order valence-corrected chi connectivity index (χ2v) is 13.7. The lowest BCUT2D eigenvalue weighted by atomic mass is 10.0. The van der Waals surface area contributed by atoms with Crippen LogP contribution in [0.2, 0.25) is 0 Å². The summed E-state index contributed by atoms with van der Waals surface area (Å²) in [5, 5.41) is 0. The Labute approximate surface area is 227 Å². The molecule has 0 aliphatic carbocycles. The number of amides is 1. The number of ether oxygens (including phenoxy) is 2. The van der Waals surface area contributed by atoms with Gasteiger partial charge in [-0.15, -0.1) is 0 Å². The van der Waals surface area contributed by atoms with E-state index in [1.165, 1.54) is 0 Å². The van der Waals surface area contributed by atoms with E-state index < -0.39 is 27.2 Å². The number of piperidine rings is 1. The van der Waals surface area contributed by atoms with Gasteiger partial charge < -0.3 is 19.3 Å². The van der Waals surface area contributed by atoms with Crippen molar-refractivity contribution in [2.24, 2.45) is 0 Å². The van der Waals surface area contributed by atoms with E-state index in [1.54, 1.807) is 37.8 Å². The summed E-state index contributed by atoms with van der Waals surface area (Å²) in [7, 11) is -3.71. The molecule has 0 saturated carbocycles. The van der Waals surface area contributed by atoms with Crippen molar-refractivity contribution in [1.82, 2.24) is 14.5 Å². The topological polar surface area (TPSA) is 108 Å². The number of sulfonamides is 1. The van der Waals surface area contributed by atoms with Crippen molar-refractivity contribution in [3.05, 3.63) is 24.3 Å². The first-order valence-electron chi connectivity index (χ1n) is 13.4. The van der Waals surface area contributed by atoms with E-state index in [0.717, 1.165) is 44.7 Å². The number of likely N-dealkylation sites (tertiary alicyclic amines) is 1. The molecule has 214 valence electrons. The van der Waals surface area contributed by atoms with Crippen molar-refractivity contribution in [2.75, 3.05) is 50.7 Å². The van der Waals surface area contributed by atoms with Crippen LogP contribution in [0.1, 0.15) is 60.8 Å². The molecule has 1 aromatic rings. The van der Waals surface area contributed by atoms with Crippen LogP contribution in [-0.4, -0.2) is 93.3 Å². The molecule has 1 aromatic carbocycles. The molecule has 2 saturated heterocycles. The van der Waals surface area contributed by atoms with Crippen LogP contribution >= 0.6 is 0 Å². The first kappa shape index (κ1) is 30.2. The molecule has 2 fully saturated rings. The van der Waals surface area contributed by atoms with E-state index in [-0.39, 0.29) is 24.0 Å². The third-order valence-electron chi connectivity index (χ3n) is 6.50. The number of piperazine rings is 1. The normalized spacial score (nSPS) is 18.4. The summed E-state index contributed by atoms with van der Waals surface area (Å²) >= 11 is 0. The Hall–Kier alpha value is -2.37. The molecule has 0 spiro atoms. The summed E-state index contributed by atoms with van der Waals surface area (Å²) in [5.74, 6) is -0.441. The molecule has 2 aliphatic heterocycles. The number of nitrogens with one attached hydrogen (secondary N) is 1. The predicted octanol–water partition coefficient (Wildman–Crippen LogP) is 3.22. The summed E-state index contributed by atoms with van der Waals surface area (Å²) in [6.07, 6.45) is 1.61. The second kappa shape index (κ2) is 12.2. The van der Waals surface area contributed by atoms with Gasteiger partial charge in [0.1, 0.15) is 11.2 Å². The highest BCUT2D eigenvalue weighted by Crippen LogP contribution is 2.24. The Morgan fingerprint density at radius 2 is 1.42 bits per heavy atom. The predicted molar refractivity (Wildman–Crippen MR) is 147 cm³/mol. The highest BCUT2D eigenvalue weighted by Gasteiger charge is 2.31. The maximum Gasteiger partial charge on any atom is 0.410 e. The molecule has 10 nitrogen and oxygen atoms in total. The molecular formula is C27H44N4O6S. The van der Waals surface area contributed by atoms with Crippen molar-refractivity contribution < 1.29 is 27.5 Å². The molecule has 0 unspecified atom stereocenters. The zero-order valence-electron chi connectivity index (χ0n) is 23.7. The number of rotatable bonds is 7. The molecule has 0 atom stereocenters. The van der Waals surface area contributed by atoms with E-state index in [1.807, 2.05) is 32.9 Å². The van der Waals surface area contributed by atoms with Gasteiger partial charge in [0.2, 0.25) is 10.0 Å². The third kappa shape index (κ3) is 9.13. The number of carbonyl (C=O) groups excluding carboxylic acids is 2. The monoisotopic (exact) mass is 552 g/mol. The first-order valence-corrected chi connectivity index (χ1v) is 14.9. The summed E-state index contributed by atoms with van der Waals surface area (Å²) in [6.45, 7) is 15.9. The smallest absolute Gasteiger partial charge is 0.410 e. The Morgan fingerprint density at radius 3 is 1.95 bits per heavy atom. The number of hydrogen-bond donors (Lipinski definition) is 1. The van der Waals surface area contributed by atoms with E-state index in [4.69, 9.17) is 9.47 Å². The number of esters is 1. The molecule has 1 N–H and O–H groups in total. The quantitative estimate of drug-likeness (QED) is 0.514. The zero-order chi connectivity index (χ0) is 28.1. The molecule has 0 bridgehead atoms. The van der Waals surface area contributed by atoms with Crippen LogP contribution in [0.3, 0.4) is 0 Å². The molecule has 0 radical (unpaired) electrons. The molecule has 2 heterocycles. The van der Waals surface area contributed by atoms with Gasteiger partial charge in [-0.2, -0.15) is 0 Å². The highest BCUT2D eigenvalue weighted by atomic mass is 32.2. The van der Waals surface area contributed by atoms with Crippen molar-refractivity contribution in [1.29, 1.82) is 0 Å². The average Bonchev–Trinajstić information content (AvgIpc) is 2.82. The first-order chi connectivity index (χ1) is 17.6. The number of hydrogen-bond acceptors (Lipinski definition) is 8. The summed E-state index contributed by atoms with van der Waals surface area (Å²) in [4.78, 5) is 30.9. The second-order valence-electron chi connectivity index (χ2n) is 11.9. The van der Waals surface area contributed by atoms with Gasteiger partial charge in [-0.3, -0.25) is 9.69 Å². The minimum atomic E-state index is -3.71. The lowest BCUT2D eigenvalue weighted by Gasteiger charge is -2.43. The van der Waals surface area contributed by atoms with Crippen molar-refractivity contribution in [3.63, 3.8) is 0 Å². The van der Waals surface area contributed by atoms with Crippen molar-refractivity contribution in [2.45, 2.75) is 82.9 Å². The largest absolute Gasteiger partial charge is 0.460 e. The Balaban J connectivity index is 1.44. The molecule has 3 rings (SSSR count). The van der Waals surface area contributed by atoms with Crippen molar-refractivity contribution in [3.8, 4) is 0 Å². The Kier molecular flexibility index (Phi) is 9.70. The number of carbonyl (C=O) groups is 2. The van der Waals surface area contributed by atoms with E-state index in [9.17, 15) is 18.0 Å². The minimum Gasteiger partial charge on any atom is -0.460 e. The van der Waals surface area contributed by atoms with Crippen LogP contribution in [0.5, 0.6) is 0 Å². The maximum atomic E-state index is 12.6. The number of nitrogens with zero attached hydrogens (tertiary/aromatic N) is 3. The van der Waals surface area contributed by atoms with Crippen LogP contribution in [0.25, 0.3) is 0 Å². The molecular weight excluding hydrogens is 508 g/mol. The average molecular weight is 553 g/mol. The van der Waals surface area contributed by atoms with Gasteiger partial charge in [-0.1, -0.05) is 0 Å². The van der Waals surface area contributed by atoms with E-state index in [2.05, 4.69) is 14.5 Å². The third-order valence-corrected chi connectivity index (χ3v) is 7.98. The highest BCUT2D eigenvalue weighted by molar-refractivity contribution is 7.89. The molecule has 2 aliphatic rings. The fourth-order valence-corrected chi connectivity index (χ4v) is 5.72.